The lowest BCUT2D eigenvalue weighted by Crippen LogP contribution is -2.25. The van der Waals surface area contributed by atoms with Crippen molar-refractivity contribution in [1.82, 2.24) is 10.3 Å². The maximum atomic E-state index is 12.4. The number of amides is 1. The number of hydrogen-bond acceptors (Lipinski definition) is 4. The third-order valence-corrected chi connectivity index (χ3v) is 6.20. The average Bonchev–Trinajstić information content (AvgIpc) is 3.16. The largest absolute Gasteiger partial charge is 0.354 e. The normalized spacial score (nSPS) is 10.9. The van der Waals surface area contributed by atoms with Crippen molar-refractivity contribution >= 4 is 45.9 Å². The van der Waals surface area contributed by atoms with E-state index in [1.165, 1.54) is 18.2 Å². The maximum Gasteiger partial charge on any atom is 0.288 e. The standard InChI is InChI=1S/C23H18ClN3O3S/c24-18-11-10-16(14-20(18)27(29)30)23(28)25-12-13-31-22-17-8-4-5-9-19(17)26-21(22)15-6-2-1-3-7-15/h1-11,14,26H,12-13H2,(H,25,28). The number of benzene rings is 3. The molecule has 0 aliphatic heterocycles. The lowest BCUT2D eigenvalue weighted by atomic mass is 10.1. The highest BCUT2D eigenvalue weighted by Crippen LogP contribution is 2.37. The SMILES string of the molecule is O=C(NCCSc1c(-c2ccccc2)[nH]c2ccccc12)c1ccc(Cl)c([N+](=O)[O-])c1. The summed E-state index contributed by atoms with van der Waals surface area (Å²) in [7, 11) is 0. The first kappa shape index (κ1) is 21.0. The van der Waals surface area contributed by atoms with E-state index in [0.717, 1.165) is 27.1 Å². The molecular weight excluding hydrogens is 434 g/mol. The third-order valence-electron chi connectivity index (χ3n) is 4.76. The van der Waals surface area contributed by atoms with Gasteiger partial charge in [-0.2, -0.15) is 0 Å². The number of fused-ring (bicyclic) bond motifs is 1. The lowest BCUT2D eigenvalue weighted by molar-refractivity contribution is -0.384. The van der Waals surface area contributed by atoms with Crippen LogP contribution in [-0.2, 0) is 0 Å². The number of carbonyl (C=O) groups excluding carboxylic acids is 1. The van der Waals surface area contributed by atoms with Crippen LogP contribution < -0.4 is 5.32 Å². The highest BCUT2D eigenvalue weighted by Gasteiger charge is 2.17. The molecule has 0 spiro atoms. The summed E-state index contributed by atoms with van der Waals surface area (Å²) in [6.07, 6.45) is 0. The van der Waals surface area contributed by atoms with Crippen molar-refractivity contribution in [3.63, 3.8) is 0 Å². The van der Waals surface area contributed by atoms with Gasteiger partial charge in [0, 0.05) is 39.7 Å². The zero-order chi connectivity index (χ0) is 21.8. The Bertz CT molecular complexity index is 1260. The zero-order valence-corrected chi connectivity index (χ0v) is 17.9. The molecule has 1 heterocycles. The van der Waals surface area contributed by atoms with E-state index in [0.29, 0.717) is 12.3 Å². The Hall–Kier alpha value is -3.29. The van der Waals surface area contributed by atoms with Crippen LogP contribution in [0.25, 0.3) is 22.2 Å². The summed E-state index contributed by atoms with van der Waals surface area (Å²) in [5.41, 5.74) is 3.12. The molecule has 4 aromatic rings. The monoisotopic (exact) mass is 451 g/mol. The van der Waals surface area contributed by atoms with Crippen molar-refractivity contribution < 1.29 is 9.72 Å². The molecule has 0 saturated heterocycles. The van der Waals surface area contributed by atoms with Crippen LogP contribution in [0.2, 0.25) is 5.02 Å². The van der Waals surface area contributed by atoms with E-state index >= 15 is 0 Å². The Morgan fingerprint density at radius 1 is 1.06 bits per heavy atom. The van der Waals surface area contributed by atoms with Gasteiger partial charge in [0.2, 0.25) is 0 Å². The van der Waals surface area contributed by atoms with E-state index in [1.54, 1.807) is 11.8 Å². The number of H-pyrrole nitrogens is 1. The van der Waals surface area contributed by atoms with Crippen molar-refractivity contribution in [2.24, 2.45) is 0 Å². The number of nitro groups is 1. The summed E-state index contributed by atoms with van der Waals surface area (Å²) in [6, 6.07) is 22.3. The lowest BCUT2D eigenvalue weighted by Gasteiger charge is -2.07. The average molecular weight is 452 g/mol. The summed E-state index contributed by atoms with van der Waals surface area (Å²) >= 11 is 7.46. The predicted molar refractivity (Wildman–Crippen MR) is 125 cm³/mol. The predicted octanol–water partition coefficient (Wildman–Crippen LogP) is 5.92. The van der Waals surface area contributed by atoms with Crippen molar-refractivity contribution in [3.05, 3.63) is 93.5 Å². The molecule has 0 aliphatic rings. The van der Waals surface area contributed by atoms with E-state index in [-0.39, 0.29) is 22.2 Å². The molecule has 0 unspecified atom stereocenters. The van der Waals surface area contributed by atoms with Crippen LogP contribution in [0.3, 0.4) is 0 Å². The second kappa shape index (κ2) is 9.24. The van der Waals surface area contributed by atoms with Gasteiger partial charge in [0.25, 0.3) is 11.6 Å². The van der Waals surface area contributed by atoms with Crippen LogP contribution in [0.4, 0.5) is 5.69 Å². The number of rotatable bonds is 7. The number of halogens is 1. The second-order valence-electron chi connectivity index (χ2n) is 6.77. The molecule has 0 radical (unpaired) electrons. The zero-order valence-electron chi connectivity index (χ0n) is 16.3. The van der Waals surface area contributed by atoms with E-state index in [9.17, 15) is 14.9 Å². The number of thioether (sulfide) groups is 1. The second-order valence-corrected chi connectivity index (χ2v) is 8.28. The van der Waals surface area contributed by atoms with Crippen LogP contribution in [0, 0.1) is 10.1 Å². The molecule has 0 fully saturated rings. The van der Waals surface area contributed by atoms with Gasteiger partial charge in [-0.05, 0) is 23.8 Å². The Balaban J connectivity index is 1.46. The molecular formula is C23H18ClN3O3S. The molecule has 1 amide bonds. The van der Waals surface area contributed by atoms with Crippen LogP contribution in [-0.4, -0.2) is 28.1 Å². The topological polar surface area (TPSA) is 88.0 Å². The number of nitrogens with one attached hydrogen (secondary N) is 2. The first-order valence-electron chi connectivity index (χ1n) is 9.55. The van der Waals surface area contributed by atoms with Gasteiger partial charge >= 0.3 is 0 Å². The molecule has 1 aromatic heterocycles. The van der Waals surface area contributed by atoms with E-state index in [4.69, 9.17) is 11.6 Å². The number of nitro benzene ring substituents is 1. The van der Waals surface area contributed by atoms with E-state index in [1.807, 2.05) is 36.4 Å². The Labute approximate surface area is 187 Å². The molecule has 4 rings (SSSR count). The fourth-order valence-corrected chi connectivity index (χ4v) is 4.53. The molecule has 0 atom stereocenters. The van der Waals surface area contributed by atoms with E-state index < -0.39 is 4.92 Å². The minimum atomic E-state index is -0.600. The van der Waals surface area contributed by atoms with Crippen LogP contribution in [0.15, 0.2) is 77.7 Å². The number of nitrogens with zero attached hydrogens (tertiary/aromatic N) is 1. The number of para-hydroxylation sites is 1. The Morgan fingerprint density at radius 2 is 1.81 bits per heavy atom. The summed E-state index contributed by atoms with van der Waals surface area (Å²) in [6.45, 7) is 0.410. The smallest absolute Gasteiger partial charge is 0.288 e. The van der Waals surface area contributed by atoms with Crippen LogP contribution >= 0.6 is 23.4 Å². The minimum Gasteiger partial charge on any atom is -0.354 e. The molecule has 2 N–H and O–H groups in total. The molecule has 0 saturated carbocycles. The van der Waals surface area contributed by atoms with Gasteiger partial charge in [-0.3, -0.25) is 14.9 Å². The fraction of sp³-hybridized carbons (Fsp3) is 0.0870. The first-order chi connectivity index (χ1) is 15.0. The van der Waals surface area contributed by atoms with Crippen molar-refractivity contribution in [1.29, 1.82) is 0 Å². The quantitative estimate of drug-likeness (QED) is 0.158. The first-order valence-corrected chi connectivity index (χ1v) is 10.9. The molecule has 156 valence electrons. The number of hydrogen-bond donors (Lipinski definition) is 2. The molecule has 8 heteroatoms. The van der Waals surface area contributed by atoms with E-state index in [2.05, 4.69) is 28.5 Å². The maximum absolute atomic E-state index is 12.4. The molecule has 31 heavy (non-hydrogen) atoms. The molecule has 3 aromatic carbocycles. The van der Waals surface area contributed by atoms with Gasteiger partial charge in [0.05, 0.1) is 10.6 Å². The molecule has 0 aliphatic carbocycles. The summed E-state index contributed by atoms with van der Waals surface area (Å²) in [4.78, 5) is 27.4. The molecule has 0 bridgehead atoms. The highest BCUT2D eigenvalue weighted by molar-refractivity contribution is 7.99. The minimum absolute atomic E-state index is 0.00452. The third kappa shape index (κ3) is 4.57. The number of aromatic nitrogens is 1. The summed E-state index contributed by atoms with van der Waals surface area (Å²) in [5, 5.41) is 15.0. The van der Waals surface area contributed by atoms with Gasteiger partial charge in [-0.15, -0.1) is 11.8 Å². The van der Waals surface area contributed by atoms with Crippen LogP contribution in [0.5, 0.6) is 0 Å². The van der Waals surface area contributed by atoms with Crippen molar-refractivity contribution in [2.75, 3.05) is 12.3 Å². The Morgan fingerprint density at radius 3 is 2.58 bits per heavy atom. The fourth-order valence-electron chi connectivity index (χ4n) is 3.29. The summed E-state index contributed by atoms with van der Waals surface area (Å²) in [5.74, 6) is 0.269. The number of carbonyl (C=O) groups is 1. The van der Waals surface area contributed by atoms with Gasteiger partial charge in [-0.1, -0.05) is 60.1 Å². The van der Waals surface area contributed by atoms with Crippen LogP contribution in [0.1, 0.15) is 10.4 Å². The summed E-state index contributed by atoms with van der Waals surface area (Å²) < 4.78 is 0. The van der Waals surface area contributed by atoms with Crippen molar-refractivity contribution in [2.45, 2.75) is 4.90 Å². The van der Waals surface area contributed by atoms with Gasteiger partial charge in [0.15, 0.2) is 0 Å². The highest BCUT2D eigenvalue weighted by atomic mass is 35.5. The Kier molecular flexibility index (Phi) is 6.25. The van der Waals surface area contributed by atoms with Crippen molar-refractivity contribution in [3.8, 4) is 11.3 Å². The van der Waals surface area contributed by atoms with Gasteiger partial charge < -0.3 is 10.3 Å². The number of aromatic amines is 1. The molecule has 6 nitrogen and oxygen atoms in total. The van der Waals surface area contributed by atoms with Gasteiger partial charge in [0.1, 0.15) is 5.02 Å². The van der Waals surface area contributed by atoms with Gasteiger partial charge in [-0.25, -0.2) is 0 Å².